The van der Waals surface area contributed by atoms with Crippen LogP contribution in [0.15, 0.2) is 30.3 Å². The zero-order chi connectivity index (χ0) is 15.6. The smallest absolute Gasteiger partial charge is 0.251 e. The van der Waals surface area contributed by atoms with Crippen molar-refractivity contribution in [1.82, 2.24) is 5.32 Å². The summed E-state index contributed by atoms with van der Waals surface area (Å²) in [4.78, 5) is 12.5. The zero-order valence-electron chi connectivity index (χ0n) is 12.4. The number of aliphatic hydroxyl groups is 3. The van der Waals surface area contributed by atoms with Crippen molar-refractivity contribution in [1.29, 1.82) is 0 Å². The minimum absolute atomic E-state index is 0.224. The molecule has 1 amide bonds. The fourth-order valence-corrected chi connectivity index (χ4v) is 5.51. The molecule has 4 fully saturated rings. The second kappa shape index (κ2) is 4.10. The molecule has 1 aromatic rings. The molecule has 4 bridgehead atoms. The van der Waals surface area contributed by atoms with Crippen LogP contribution in [-0.2, 0) is 0 Å². The summed E-state index contributed by atoms with van der Waals surface area (Å²) in [5.74, 6) is -0.224. The molecule has 5 rings (SSSR count). The van der Waals surface area contributed by atoms with Gasteiger partial charge in [0.25, 0.3) is 5.91 Å². The molecule has 1 aromatic carbocycles. The van der Waals surface area contributed by atoms with Gasteiger partial charge in [-0.25, -0.2) is 0 Å². The predicted octanol–water partition coefficient (Wildman–Crippen LogP) is 0.730. The average Bonchev–Trinajstić information content (AvgIpc) is 2.33. The van der Waals surface area contributed by atoms with Crippen LogP contribution in [0.3, 0.4) is 0 Å². The van der Waals surface area contributed by atoms with Crippen molar-refractivity contribution in [2.45, 2.75) is 60.9 Å². The van der Waals surface area contributed by atoms with E-state index in [0.717, 1.165) is 0 Å². The fourth-order valence-electron chi connectivity index (χ4n) is 5.51. The Balaban J connectivity index is 1.65. The van der Waals surface area contributed by atoms with Crippen molar-refractivity contribution in [3.8, 4) is 0 Å². The molecule has 22 heavy (non-hydrogen) atoms. The average molecular weight is 303 g/mol. The number of hydrogen-bond donors (Lipinski definition) is 4. The first kappa shape index (κ1) is 14.2. The van der Waals surface area contributed by atoms with Gasteiger partial charge in [-0.15, -0.1) is 0 Å². The summed E-state index contributed by atoms with van der Waals surface area (Å²) in [7, 11) is 0. The van der Waals surface area contributed by atoms with Crippen molar-refractivity contribution < 1.29 is 20.1 Å². The summed E-state index contributed by atoms with van der Waals surface area (Å²) in [6.45, 7) is 0. The summed E-state index contributed by atoms with van der Waals surface area (Å²) < 4.78 is 0. The van der Waals surface area contributed by atoms with Crippen LogP contribution in [0.2, 0.25) is 0 Å². The van der Waals surface area contributed by atoms with E-state index in [9.17, 15) is 20.1 Å². The normalized spacial score (nSPS) is 45.8. The van der Waals surface area contributed by atoms with Crippen molar-refractivity contribution in [2.75, 3.05) is 0 Å². The van der Waals surface area contributed by atoms with Gasteiger partial charge in [0.1, 0.15) is 0 Å². The Morgan fingerprint density at radius 3 is 1.73 bits per heavy atom. The molecular weight excluding hydrogens is 282 g/mol. The van der Waals surface area contributed by atoms with Crippen LogP contribution in [-0.4, -0.2) is 43.6 Å². The van der Waals surface area contributed by atoms with Gasteiger partial charge in [0.2, 0.25) is 0 Å². The summed E-state index contributed by atoms with van der Waals surface area (Å²) in [5, 5.41) is 35.1. The van der Waals surface area contributed by atoms with Crippen molar-refractivity contribution in [3.05, 3.63) is 35.9 Å². The quantitative estimate of drug-likeness (QED) is 0.648. The first-order valence-electron chi connectivity index (χ1n) is 7.78. The van der Waals surface area contributed by atoms with Gasteiger partial charge >= 0.3 is 0 Å². The lowest BCUT2D eigenvalue weighted by molar-refractivity contribution is -0.262. The molecule has 0 radical (unpaired) electrons. The molecule has 118 valence electrons. The van der Waals surface area contributed by atoms with Crippen LogP contribution in [0.4, 0.5) is 0 Å². The summed E-state index contributed by atoms with van der Waals surface area (Å²) in [6, 6.07) is 8.89. The zero-order valence-corrected chi connectivity index (χ0v) is 12.4. The molecule has 0 spiro atoms. The Labute approximate surface area is 129 Å². The molecule has 5 nitrogen and oxygen atoms in total. The first-order chi connectivity index (χ1) is 10.2. The highest BCUT2D eigenvalue weighted by molar-refractivity contribution is 5.94. The van der Waals surface area contributed by atoms with E-state index < -0.39 is 22.3 Å². The van der Waals surface area contributed by atoms with Crippen molar-refractivity contribution in [3.63, 3.8) is 0 Å². The third-order valence-electron chi connectivity index (χ3n) is 5.39. The molecule has 0 saturated heterocycles. The molecule has 0 unspecified atom stereocenters. The SMILES string of the molecule is O=C(NC12CC3(O)CC(O)(CC(O)(C3)C1)C2)c1ccccc1. The Kier molecular flexibility index (Phi) is 2.64. The third kappa shape index (κ3) is 2.16. The lowest BCUT2D eigenvalue weighted by Gasteiger charge is -2.65. The molecular formula is C17H21NO4. The molecule has 4 aliphatic rings. The van der Waals surface area contributed by atoms with Gasteiger partial charge in [-0.1, -0.05) is 18.2 Å². The lowest BCUT2D eigenvalue weighted by atomic mass is 9.47. The monoisotopic (exact) mass is 303 g/mol. The van der Waals surface area contributed by atoms with Gasteiger partial charge in [0.15, 0.2) is 0 Å². The van der Waals surface area contributed by atoms with Crippen molar-refractivity contribution in [2.24, 2.45) is 0 Å². The number of nitrogens with one attached hydrogen (secondary N) is 1. The molecule has 0 atom stereocenters. The van der Waals surface area contributed by atoms with Gasteiger partial charge in [-0.05, 0) is 31.4 Å². The van der Waals surface area contributed by atoms with E-state index in [1.54, 1.807) is 24.3 Å². The van der Waals surface area contributed by atoms with Crippen LogP contribution in [0.5, 0.6) is 0 Å². The molecule has 4 saturated carbocycles. The third-order valence-corrected chi connectivity index (χ3v) is 5.39. The van der Waals surface area contributed by atoms with Gasteiger partial charge in [-0.3, -0.25) is 4.79 Å². The predicted molar refractivity (Wildman–Crippen MR) is 79.2 cm³/mol. The van der Waals surface area contributed by atoms with Crippen LogP contribution < -0.4 is 5.32 Å². The summed E-state index contributed by atoms with van der Waals surface area (Å²) >= 11 is 0. The van der Waals surface area contributed by atoms with E-state index in [1.165, 1.54) is 0 Å². The molecule has 0 aliphatic heterocycles. The second-order valence-corrected chi connectivity index (χ2v) is 7.83. The van der Waals surface area contributed by atoms with Crippen LogP contribution in [0, 0.1) is 0 Å². The van der Waals surface area contributed by atoms with Crippen LogP contribution in [0.1, 0.15) is 48.9 Å². The molecule has 0 aromatic heterocycles. The first-order valence-corrected chi connectivity index (χ1v) is 7.78. The van der Waals surface area contributed by atoms with E-state index in [1.807, 2.05) is 6.07 Å². The minimum Gasteiger partial charge on any atom is -0.390 e. The Morgan fingerprint density at radius 1 is 0.818 bits per heavy atom. The Hall–Kier alpha value is -1.43. The van der Waals surface area contributed by atoms with Crippen LogP contribution in [0.25, 0.3) is 0 Å². The van der Waals surface area contributed by atoms with Crippen molar-refractivity contribution >= 4 is 5.91 Å². The highest BCUT2D eigenvalue weighted by atomic mass is 16.3. The topological polar surface area (TPSA) is 89.8 Å². The van der Waals surface area contributed by atoms with E-state index in [4.69, 9.17) is 0 Å². The number of hydrogen-bond acceptors (Lipinski definition) is 4. The molecule has 5 heteroatoms. The summed E-state index contributed by atoms with van der Waals surface area (Å²) in [6.07, 6.45) is 2.03. The maximum absolute atomic E-state index is 12.5. The number of carbonyl (C=O) groups excluding carboxylic acids is 1. The maximum atomic E-state index is 12.5. The fraction of sp³-hybridized carbons (Fsp3) is 0.588. The van der Waals surface area contributed by atoms with Gasteiger partial charge in [-0.2, -0.15) is 0 Å². The minimum atomic E-state index is -1.10. The van der Waals surface area contributed by atoms with Gasteiger partial charge < -0.3 is 20.6 Å². The Bertz CT molecular complexity index is 575. The second-order valence-electron chi connectivity index (χ2n) is 7.83. The highest BCUT2D eigenvalue weighted by Gasteiger charge is 2.68. The molecule has 0 heterocycles. The molecule has 4 N–H and O–H groups in total. The number of carbonyl (C=O) groups is 1. The number of amides is 1. The van der Waals surface area contributed by atoms with E-state index in [2.05, 4.69) is 5.32 Å². The maximum Gasteiger partial charge on any atom is 0.251 e. The van der Waals surface area contributed by atoms with E-state index in [0.29, 0.717) is 24.8 Å². The highest BCUT2D eigenvalue weighted by Crippen LogP contribution is 2.60. The largest absolute Gasteiger partial charge is 0.390 e. The summed E-state index contributed by atoms with van der Waals surface area (Å²) in [5.41, 5.74) is -3.48. The lowest BCUT2D eigenvalue weighted by Crippen LogP contribution is -2.75. The van der Waals surface area contributed by atoms with E-state index in [-0.39, 0.29) is 25.2 Å². The number of rotatable bonds is 2. The van der Waals surface area contributed by atoms with Crippen LogP contribution >= 0.6 is 0 Å². The number of benzene rings is 1. The Morgan fingerprint density at radius 2 is 1.27 bits per heavy atom. The van der Waals surface area contributed by atoms with Gasteiger partial charge in [0.05, 0.1) is 16.8 Å². The standard InChI is InChI=1S/C17H21NO4/c19-13(12-4-2-1-3-5-12)18-14-6-15(20)9-16(21,7-14)11-17(22,8-14)10-15/h1-5,20-22H,6-11H2,(H,18,19). The van der Waals surface area contributed by atoms with Gasteiger partial charge in [0, 0.05) is 30.4 Å². The molecule has 4 aliphatic carbocycles. The van der Waals surface area contributed by atoms with E-state index >= 15 is 0 Å².